The number of amides is 1. The molecule has 1 saturated heterocycles. The molecule has 0 spiro atoms. The molecule has 2 N–H and O–H groups in total. The molecule has 0 radical (unpaired) electrons. The van der Waals surface area contributed by atoms with Crippen molar-refractivity contribution in [3.63, 3.8) is 0 Å². The van der Waals surface area contributed by atoms with Gasteiger partial charge in [-0.05, 0) is 63.4 Å². The van der Waals surface area contributed by atoms with Crippen molar-refractivity contribution in [3.8, 4) is 17.1 Å². The maximum absolute atomic E-state index is 13.0. The number of nitrogens with one attached hydrogen (secondary N) is 1. The lowest BCUT2D eigenvalue weighted by molar-refractivity contribution is 0.0660. The number of carbonyl (C=O) groups is 1. The molecule has 2 aliphatic rings. The summed E-state index contributed by atoms with van der Waals surface area (Å²) in [6.45, 7) is 7.43. The molecule has 0 aliphatic carbocycles. The van der Waals surface area contributed by atoms with E-state index in [2.05, 4.69) is 28.5 Å². The molecule has 8 heteroatoms. The van der Waals surface area contributed by atoms with Gasteiger partial charge in [-0.15, -0.1) is 12.4 Å². The number of nitrogens with zero attached hydrogens (tertiary/aromatic N) is 3. The quantitative estimate of drug-likeness (QED) is 0.756. The van der Waals surface area contributed by atoms with Crippen LogP contribution >= 0.6 is 12.4 Å². The van der Waals surface area contributed by atoms with Crippen LogP contribution in [-0.2, 0) is 6.54 Å². The van der Waals surface area contributed by atoms with E-state index < -0.39 is 0 Å². The Morgan fingerprint density at radius 2 is 2.13 bits per heavy atom. The van der Waals surface area contributed by atoms with Gasteiger partial charge in [-0.25, -0.2) is 4.98 Å². The third-order valence-corrected chi connectivity index (χ3v) is 5.87. The van der Waals surface area contributed by atoms with Crippen molar-refractivity contribution in [1.29, 1.82) is 0 Å². The number of ether oxygens (including phenoxy) is 1. The van der Waals surface area contributed by atoms with Crippen LogP contribution in [0.2, 0.25) is 0 Å². The van der Waals surface area contributed by atoms with Crippen molar-refractivity contribution >= 4 is 18.3 Å². The first kappa shape index (κ1) is 22.6. The highest BCUT2D eigenvalue weighted by Gasteiger charge is 2.26. The average Bonchev–Trinajstić information content (AvgIpc) is 3.08. The molecule has 0 unspecified atom stereocenters. The maximum atomic E-state index is 13.0. The van der Waals surface area contributed by atoms with E-state index in [0.29, 0.717) is 31.3 Å². The second kappa shape index (κ2) is 9.81. The number of aliphatic hydroxyl groups is 1. The van der Waals surface area contributed by atoms with Crippen LogP contribution in [0.25, 0.3) is 11.4 Å². The van der Waals surface area contributed by atoms with Gasteiger partial charge in [0.1, 0.15) is 23.9 Å². The van der Waals surface area contributed by atoms with E-state index in [0.717, 1.165) is 43.1 Å². The van der Waals surface area contributed by atoms with Crippen molar-refractivity contribution in [2.24, 2.45) is 0 Å². The zero-order chi connectivity index (χ0) is 20.4. The molecular formula is C22H31ClN4O3. The molecule has 2 aromatic rings. The smallest absolute Gasteiger partial charge is 0.274 e. The summed E-state index contributed by atoms with van der Waals surface area (Å²) in [5, 5.41) is 12.7. The fourth-order valence-electron chi connectivity index (χ4n) is 4.26. The van der Waals surface area contributed by atoms with Crippen LogP contribution < -0.4 is 10.1 Å². The van der Waals surface area contributed by atoms with Crippen molar-refractivity contribution in [1.82, 2.24) is 19.8 Å². The van der Waals surface area contributed by atoms with Gasteiger partial charge in [0.15, 0.2) is 0 Å². The molecule has 30 heavy (non-hydrogen) atoms. The van der Waals surface area contributed by atoms with Crippen LogP contribution in [0.1, 0.15) is 48.7 Å². The summed E-state index contributed by atoms with van der Waals surface area (Å²) < 4.78 is 8.04. The van der Waals surface area contributed by atoms with E-state index in [1.807, 2.05) is 24.6 Å². The number of aromatic nitrogens is 2. The van der Waals surface area contributed by atoms with Gasteiger partial charge in [0.05, 0.1) is 18.7 Å². The molecule has 2 aliphatic heterocycles. The van der Waals surface area contributed by atoms with Gasteiger partial charge in [0.2, 0.25) is 0 Å². The van der Waals surface area contributed by atoms with Crippen LogP contribution in [0, 0.1) is 0 Å². The highest BCUT2D eigenvalue weighted by atomic mass is 35.5. The normalized spacial score (nSPS) is 16.1. The zero-order valence-electron chi connectivity index (χ0n) is 17.6. The predicted octanol–water partition coefficient (Wildman–Crippen LogP) is 2.67. The Labute approximate surface area is 183 Å². The first-order valence-corrected chi connectivity index (χ1v) is 10.6. The molecular weight excluding hydrogens is 404 g/mol. The lowest BCUT2D eigenvalue weighted by Crippen LogP contribution is -2.39. The third-order valence-electron chi connectivity index (χ3n) is 5.87. The van der Waals surface area contributed by atoms with Crippen LogP contribution in [0.3, 0.4) is 0 Å². The number of aliphatic hydroxyl groups excluding tert-OH is 1. The summed E-state index contributed by atoms with van der Waals surface area (Å²) in [6.07, 6.45) is 4.09. The lowest BCUT2D eigenvalue weighted by Gasteiger charge is -2.25. The van der Waals surface area contributed by atoms with E-state index in [-0.39, 0.29) is 31.0 Å². The standard InChI is InChI=1S/C22H30N4O3.ClH/c1-15(2)26(9-11-27)22(28)19-14-25-10-12-29-20-13-17(16-5-7-23-8-6-16)3-4-18(20)21(25)24-19;/h3-4,13-16,23,27H,5-12H2,1-2H3;1H. The highest BCUT2D eigenvalue weighted by Crippen LogP contribution is 2.36. The Kier molecular flexibility index (Phi) is 7.39. The summed E-state index contributed by atoms with van der Waals surface area (Å²) in [5.74, 6) is 2.03. The Morgan fingerprint density at radius 3 is 2.83 bits per heavy atom. The zero-order valence-corrected chi connectivity index (χ0v) is 18.5. The van der Waals surface area contributed by atoms with Crippen molar-refractivity contribution in [2.45, 2.75) is 45.2 Å². The topological polar surface area (TPSA) is 79.6 Å². The number of hydrogen-bond acceptors (Lipinski definition) is 5. The van der Waals surface area contributed by atoms with E-state index in [9.17, 15) is 9.90 Å². The first-order chi connectivity index (χ1) is 14.1. The van der Waals surface area contributed by atoms with Gasteiger partial charge in [0, 0.05) is 18.8 Å². The van der Waals surface area contributed by atoms with Crippen molar-refractivity contribution in [2.75, 3.05) is 32.8 Å². The molecule has 7 nitrogen and oxygen atoms in total. The number of rotatable bonds is 5. The number of hydrogen-bond donors (Lipinski definition) is 2. The molecule has 1 aromatic carbocycles. The number of piperidine rings is 1. The van der Waals surface area contributed by atoms with Crippen LogP contribution in [0.15, 0.2) is 24.4 Å². The molecule has 4 rings (SSSR count). The molecule has 1 amide bonds. The summed E-state index contributed by atoms with van der Waals surface area (Å²) in [6, 6.07) is 6.41. The SMILES string of the molecule is CC(C)N(CCO)C(=O)c1cn2c(n1)-c1ccc(C3CCNCC3)cc1OCC2.Cl. The summed E-state index contributed by atoms with van der Waals surface area (Å²) >= 11 is 0. The minimum atomic E-state index is -0.150. The summed E-state index contributed by atoms with van der Waals surface area (Å²) in [5.41, 5.74) is 2.66. The molecule has 3 heterocycles. The average molecular weight is 435 g/mol. The Morgan fingerprint density at radius 1 is 1.37 bits per heavy atom. The molecule has 164 valence electrons. The van der Waals surface area contributed by atoms with E-state index in [1.54, 1.807) is 4.90 Å². The largest absolute Gasteiger partial charge is 0.491 e. The number of benzene rings is 1. The van der Waals surface area contributed by atoms with E-state index in [1.165, 1.54) is 5.56 Å². The van der Waals surface area contributed by atoms with Crippen LogP contribution in [0.5, 0.6) is 5.75 Å². The van der Waals surface area contributed by atoms with Crippen LogP contribution in [-0.4, -0.2) is 64.4 Å². The fraction of sp³-hybridized carbons (Fsp3) is 0.545. The second-order valence-corrected chi connectivity index (χ2v) is 8.09. The number of carbonyl (C=O) groups excluding carboxylic acids is 1. The minimum absolute atomic E-state index is 0. The molecule has 0 atom stereocenters. The van der Waals surface area contributed by atoms with Gasteiger partial charge >= 0.3 is 0 Å². The molecule has 1 aromatic heterocycles. The van der Waals surface area contributed by atoms with Gasteiger partial charge in [-0.2, -0.15) is 0 Å². The Hall–Kier alpha value is -2.09. The van der Waals surface area contributed by atoms with Crippen molar-refractivity contribution < 1.29 is 14.6 Å². The summed E-state index contributed by atoms with van der Waals surface area (Å²) in [4.78, 5) is 19.3. The molecule has 0 saturated carbocycles. The van der Waals surface area contributed by atoms with Crippen molar-refractivity contribution in [3.05, 3.63) is 35.7 Å². The van der Waals surface area contributed by atoms with Gasteiger partial charge < -0.3 is 24.6 Å². The number of fused-ring (bicyclic) bond motifs is 3. The third kappa shape index (κ3) is 4.48. The Bertz CT molecular complexity index is 877. The van der Waals surface area contributed by atoms with Gasteiger partial charge in [0.25, 0.3) is 5.91 Å². The lowest BCUT2D eigenvalue weighted by atomic mass is 9.89. The maximum Gasteiger partial charge on any atom is 0.274 e. The highest BCUT2D eigenvalue weighted by molar-refractivity contribution is 5.93. The van der Waals surface area contributed by atoms with Gasteiger partial charge in [-0.3, -0.25) is 4.79 Å². The van der Waals surface area contributed by atoms with Crippen LogP contribution in [0.4, 0.5) is 0 Å². The fourth-order valence-corrected chi connectivity index (χ4v) is 4.26. The minimum Gasteiger partial charge on any atom is -0.491 e. The molecule has 0 bridgehead atoms. The number of imidazole rings is 1. The predicted molar refractivity (Wildman–Crippen MR) is 119 cm³/mol. The number of halogens is 1. The second-order valence-electron chi connectivity index (χ2n) is 8.09. The first-order valence-electron chi connectivity index (χ1n) is 10.6. The van der Waals surface area contributed by atoms with E-state index in [4.69, 9.17) is 4.74 Å². The summed E-state index contributed by atoms with van der Waals surface area (Å²) in [7, 11) is 0. The molecule has 1 fully saturated rings. The monoisotopic (exact) mass is 434 g/mol. The van der Waals surface area contributed by atoms with Gasteiger partial charge in [-0.1, -0.05) is 6.07 Å². The Balaban J connectivity index is 0.00000256. The van der Waals surface area contributed by atoms with E-state index >= 15 is 0 Å².